The van der Waals surface area contributed by atoms with Gasteiger partial charge in [-0.15, -0.1) is 0 Å². The molecule has 128 valence electrons. The highest BCUT2D eigenvalue weighted by molar-refractivity contribution is 7.83. The van der Waals surface area contributed by atoms with Crippen molar-refractivity contribution in [1.29, 1.82) is 0 Å². The molecule has 0 fully saturated rings. The highest BCUT2D eigenvalue weighted by Crippen LogP contribution is 2.20. The predicted molar refractivity (Wildman–Crippen MR) is 98.9 cm³/mol. The van der Waals surface area contributed by atoms with Crippen molar-refractivity contribution in [3.63, 3.8) is 0 Å². The van der Waals surface area contributed by atoms with Crippen molar-refractivity contribution in [3.05, 3.63) is 59.2 Å². The first-order valence-corrected chi connectivity index (χ1v) is 9.53. The summed E-state index contributed by atoms with van der Waals surface area (Å²) in [5.74, 6) is 1.29. The van der Waals surface area contributed by atoms with Crippen LogP contribution in [0.3, 0.4) is 0 Å². The molecule has 4 nitrogen and oxygen atoms in total. The number of nitrogens with one attached hydrogen (secondary N) is 1. The molecule has 0 spiro atoms. The minimum Gasteiger partial charge on any atom is -0.497 e. The number of methoxy groups -OCH3 is 1. The van der Waals surface area contributed by atoms with E-state index >= 15 is 0 Å². The second kappa shape index (κ2) is 8.64. The maximum Gasteiger partial charge on any atom is 0.224 e. The minimum absolute atomic E-state index is 0.0244. The molecule has 0 aliphatic rings. The number of carbonyl (C=O) groups excluding carboxylic acids is 1. The molecule has 0 aliphatic heterocycles. The molecular weight excluding hydrogens is 322 g/mol. The molecule has 0 aliphatic carbocycles. The maximum atomic E-state index is 12.2. The first-order valence-electron chi connectivity index (χ1n) is 7.81. The Hall–Kier alpha value is -2.14. The summed E-state index contributed by atoms with van der Waals surface area (Å²) in [5, 5.41) is 2.95. The van der Waals surface area contributed by atoms with Crippen LogP contribution in [0.4, 0.5) is 5.69 Å². The van der Waals surface area contributed by atoms with Gasteiger partial charge in [0.1, 0.15) is 5.75 Å². The Morgan fingerprint density at radius 3 is 2.50 bits per heavy atom. The maximum absolute atomic E-state index is 12.2. The van der Waals surface area contributed by atoms with Crippen molar-refractivity contribution >= 4 is 22.4 Å². The molecule has 0 heterocycles. The lowest BCUT2D eigenvalue weighted by Crippen LogP contribution is -2.14. The van der Waals surface area contributed by atoms with Gasteiger partial charge in [0.05, 0.1) is 7.11 Å². The van der Waals surface area contributed by atoms with E-state index < -0.39 is 10.8 Å². The van der Waals surface area contributed by atoms with Gasteiger partial charge in [-0.25, -0.2) is 0 Å². The lowest BCUT2D eigenvalue weighted by Gasteiger charge is -2.12. The zero-order valence-electron chi connectivity index (χ0n) is 14.3. The van der Waals surface area contributed by atoms with Crippen LogP contribution in [-0.4, -0.2) is 23.5 Å². The van der Waals surface area contributed by atoms with Gasteiger partial charge >= 0.3 is 0 Å². The molecule has 1 N–H and O–H groups in total. The Balaban J connectivity index is 1.95. The number of ether oxygens (including phenoxy) is 1. The van der Waals surface area contributed by atoms with Gasteiger partial charge in [-0.1, -0.05) is 24.3 Å². The Morgan fingerprint density at radius 1 is 1.17 bits per heavy atom. The molecule has 5 heteroatoms. The summed E-state index contributed by atoms with van der Waals surface area (Å²) in [6.07, 6.45) is 2.77. The van der Waals surface area contributed by atoms with E-state index in [1.54, 1.807) is 13.4 Å². The minimum atomic E-state index is -0.902. The van der Waals surface area contributed by atoms with E-state index in [-0.39, 0.29) is 5.91 Å². The average Bonchev–Trinajstić information content (AvgIpc) is 2.56. The highest BCUT2D eigenvalue weighted by atomic mass is 32.2. The second-order valence-electron chi connectivity index (χ2n) is 5.70. The van der Waals surface area contributed by atoms with Crippen LogP contribution in [0.5, 0.6) is 5.75 Å². The van der Waals surface area contributed by atoms with Crippen molar-refractivity contribution in [2.24, 2.45) is 0 Å². The summed E-state index contributed by atoms with van der Waals surface area (Å²) < 4.78 is 16.5. The third kappa shape index (κ3) is 5.20. The molecule has 2 aromatic rings. The van der Waals surface area contributed by atoms with E-state index in [1.165, 1.54) is 0 Å². The van der Waals surface area contributed by atoms with Crippen LogP contribution >= 0.6 is 0 Å². The van der Waals surface area contributed by atoms with Crippen molar-refractivity contribution in [2.45, 2.75) is 25.5 Å². The summed E-state index contributed by atoms with van der Waals surface area (Å²) in [4.78, 5) is 12.2. The van der Waals surface area contributed by atoms with Crippen molar-refractivity contribution < 1.29 is 13.7 Å². The zero-order chi connectivity index (χ0) is 17.5. The first kappa shape index (κ1) is 18.2. The number of hydrogen-bond acceptors (Lipinski definition) is 3. The van der Waals surface area contributed by atoms with E-state index in [4.69, 9.17) is 4.74 Å². The molecule has 0 radical (unpaired) electrons. The predicted octanol–water partition coefficient (Wildman–Crippen LogP) is 3.45. The van der Waals surface area contributed by atoms with E-state index in [2.05, 4.69) is 5.32 Å². The summed E-state index contributed by atoms with van der Waals surface area (Å²) in [6.45, 7) is 1.95. The number of amides is 1. The average molecular weight is 345 g/mol. The number of rotatable bonds is 7. The van der Waals surface area contributed by atoms with Crippen molar-refractivity contribution in [2.75, 3.05) is 18.7 Å². The van der Waals surface area contributed by atoms with E-state index in [1.807, 2.05) is 49.4 Å². The molecule has 0 unspecified atom stereocenters. The van der Waals surface area contributed by atoms with Gasteiger partial charge in [-0.3, -0.25) is 9.00 Å². The van der Waals surface area contributed by atoms with Crippen LogP contribution in [0.15, 0.2) is 42.5 Å². The fourth-order valence-corrected chi connectivity index (χ4v) is 3.21. The fraction of sp³-hybridized carbons (Fsp3) is 0.316. The van der Waals surface area contributed by atoms with Gasteiger partial charge in [-0.2, -0.15) is 0 Å². The normalized spacial score (nSPS) is 11.8. The lowest BCUT2D eigenvalue weighted by molar-refractivity contribution is -0.116. The third-order valence-electron chi connectivity index (χ3n) is 3.88. The van der Waals surface area contributed by atoms with E-state index in [0.29, 0.717) is 18.6 Å². The Labute approximate surface area is 145 Å². The van der Waals surface area contributed by atoms with E-state index in [9.17, 15) is 9.00 Å². The number of hydrogen-bond donors (Lipinski definition) is 1. The summed E-state index contributed by atoms with van der Waals surface area (Å²) in [5.41, 5.74) is 3.87. The van der Waals surface area contributed by atoms with Crippen LogP contribution in [0.2, 0.25) is 0 Å². The SMILES string of the molecule is COc1ccc(CCC(=O)Nc2cccc(C[S@](C)=O)c2C)cc1. The number of aryl methyl sites for hydroxylation is 1. The lowest BCUT2D eigenvalue weighted by atomic mass is 10.1. The van der Waals surface area contributed by atoms with Crippen LogP contribution in [0, 0.1) is 6.92 Å². The highest BCUT2D eigenvalue weighted by Gasteiger charge is 2.09. The van der Waals surface area contributed by atoms with Gasteiger partial charge in [0, 0.05) is 34.9 Å². The van der Waals surface area contributed by atoms with E-state index in [0.717, 1.165) is 28.1 Å². The zero-order valence-corrected chi connectivity index (χ0v) is 15.1. The van der Waals surface area contributed by atoms with Gasteiger partial charge in [-0.05, 0) is 48.2 Å². The number of benzene rings is 2. The van der Waals surface area contributed by atoms with Gasteiger partial charge in [0.25, 0.3) is 0 Å². The largest absolute Gasteiger partial charge is 0.497 e. The van der Waals surface area contributed by atoms with Gasteiger partial charge in [0.15, 0.2) is 0 Å². The summed E-state index contributed by atoms with van der Waals surface area (Å²) in [7, 11) is 0.730. The van der Waals surface area contributed by atoms with Crippen LogP contribution < -0.4 is 10.1 Å². The topological polar surface area (TPSA) is 55.4 Å². The van der Waals surface area contributed by atoms with Crippen molar-refractivity contribution in [3.8, 4) is 5.75 Å². The van der Waals surface area contributed by atoms with Crippen molar-refractivity contribution in [1.82, 2.24) is 0 Å². The standard InChI is InChI=1S/C19H23NO3S/c1-14-16(13-24(3)22)5-4-6-18(14)20-19(21)12-9-15-7-10-17(23-2)11-8-15/h4-8,10-11H,9,12-13H2,1-3H3,(H,20,21)/t24-/m0/s1. The Morgan fingerprint density at radius 2 is 1.88 bits per heavy atom. The summed E-state index contributed by atoms with van der Waals surface area (Å²) in [6, 6.07) is 13.4. The molecule has 24 heavy (non-hydrogen) atoms. The molecule has 2 rings (SSSR count). The number of carbonyl (C=O) groups is 1. The third-order valence-corrected chi connectivity index (χ3v) is 4.60. The molecule has 0 aromatic heterocycles. The van der Waals surface area contributed by atoms with Gasteiger partial charge in [0.2, 0.25) is 5.91 Å². The molecule has 2 aromatic carbocycles. The molecular formula is C19H23NO3S. The van der Waals surface area contributed by atoms with Crippen LogP contribution in [0.25, 0.3) is 0 Å². The first-order chi connectivity index (χ1) is 11.5. The van der Waals surface area contributed by atoms with Gasteiger partial charge < -0.3 is 10.1 Å². The second-order valence-corrected chi connectivity index (χ2v) is 7.14. The van der Waals surface area contributed by atoms with Crippen LogP contribution in [0.1, 0.15) is 23.1 Å². The fourth-order valence-electron chi connectivity index (χ4n) is 2.46. The monoisotopic (exact) mass is 345 g/mol. The summed E-state index contributed by atoms with van der Waals surface area (Å²) >= 11 is 0. The molecule has 0 bridgehead atoms. The molecule has 0 saturated carbocycles. The molecule has 0 saturated heterocycles. The smallest absolute Gasteiger partial charge is 0.224 e. The quantitative estimate of drug-likeness (QED) is 0.836. The molecule has 1 amide bonds. The Bertz CT molecular complexity index is 726. The Kier molecular flexibility index (Phi) is 6.55. The number of anilines is 1. The van der Waals surface area contributed by atoms with Crippen LogP contribution in [-0.2, 0) is 27.8 Å². The molecule has 1 atom stereocenters.